The molecule has 0 radical (unpaired) electrons. The van der Waals surface area contributed by atoms with Crippen LogP contribution in [0.5, 0.6) is 0 Å². The van der Waals surface area contributed by atoms with E-state index in [2.05, 4.69) is 46.0 Å². The molecule has 1 fully saturated rings. The summed E-state index contributed by atoms with van der Waals surface area (Å²) in [4.78, 5) is 15.2. The third-order valence-corrected chi connectivity index (χ3v) is 5.57. The molecule has 0 aromatic carbocycles. The SMILES string of the molecule is CN=C(NCc1nc(C(C)C)c(C)s1)N1CCN(Cc2ccon2)CC1. The summed E-state index contributed by atoms with van der Waals surface area (Å²) in [7, 11) is 1.84. The van der Waals surface area contributed by atoms with Gasteiger partial charge in [-0.25, -0.2) is 4.98 Å². The number of aliphatic imine (C=N–C) groups is 1. The first-order valence-corrected chi connectivity index (χ1v) is 9.92. The molecule has 26 heavy (non-hydrogen) atoms. The zero-order valence-corrected chi connectivity index (χ0v) is 16.8. The van der Waals surface area contributed by atoms with E-state index < -0.39 is 0 Å². The molecule has 8 heteroatoms. The number of hydrogen-bond acceptors (Lipinski definition) is 6. The Bertz CT molecular complexity index is 716. The van der Waals surface area contributed by atoms with Gasteiger partial charge in [0.1, 0.15) is 11.3 Å². The normalized spacial score (nSPS) is 16.5. The quantitative estimate of drug-likeness (QED) is 0.639. The maximum atomic E-state index is 4.91. The number of piperazine rings is 1. The molecule has 0 unspecified atom stereocenters. The van der Waals surface area contributed by atoms with Gasteiger partial charge in [-0.05, 0) is 12.8 Å². The second-order valence-electron chi connectivity index (χ2n) is 6.86. The lowest BCUT2D eigenvalue weighted by Gasteiger charge is -2.36. The molecule has 3 rings (SSSR count). The average Bonchev–Trinajstić information content (AvgIpc) is 3.26. The largest absolute Gasteiger partial charge is 0.364 e. The maximum absolute atomic E-state index is 4.91. The zero-order chi connectivity index (χ0) is 18.5. The summed E-state index contributed by atoms with van der Waals surface area (Å²) in [6.07, 6.45) is 1.63. The van der Waals surface area contributed by atoms with Gasteiger partial charge < -0.3 is 14.7 Å². The number of thiazole rings is 1. The Morgan fingerprint density at radius 3 is 2.69 bits per heavy atom. The topological polar surface area (TPSA) is 69.8 Å². The number of hydrogen-bond donors (Lipinski definition) is 1. The number of aryl methyl sites for hydroxylation is 1. The van der Waals surface area contributed by atoms with Crippen molar-refractivity contribution in [1.29, 1.82) is 0 Å². The maximum Gasteiger partial charge on any atom is 0.194 e. The van der Waals surface area contributed by atoms with Crippen LogP contribution in [0.25, 0.3) is 0 Å². The van der Waals surface area contributed by atoms with E-state index in [1.54, 1.807) is 17.6 Å². The summed E-state index contributed by atoms with van der Waals surface area (Å²) in [5.74, 6) is 1.42. The van der Waals surface area contributed by atoms with Gasteiger partial charge >= 0.3 is 0 Å². The second kappa shape index (κ2) is 8.64. The van der Waals surface area contributed by atoms with Gasteiger partial charge in [-0.1, -0.05) is 19.0 Å². The molecule has 1 saturated heterocycles. The highest BCUT2D eigenvalue weighted by atomic mass is 32.1. The van der Waals surface area contributed by atoms with Gasteiger partial charge in [0.25, 0.3) is 0 Å². The van der Waals surface area contributed by atoms with E-state index >= 15 is 0 Å². The van der Waals surface area contributed by atoms with Crippen LogP contribution in [-0.2, 0) is 13.1 Å². The van der Waals surface area contributed by atoms with Crippen molar-refractivity contribution >= 4 is 17.3 Å². The van der Waals surface area contributed by atoms with E-state index in [-0.39, 0.29) is 0 Å². The van der Waals surface area contributed by atoms with Crippen LogP contribution in [0.15, 0.2) is 21.8 Å². The highest BCUT2D eigenvalue weighted by molar-refractivity contribution is 7.11. The number of nitrogens with one attached hydrogen (secondary N) is 1. The van der Waals surface area contributed by atoms with Gasteiger partial charge in [-0.3, -0.25) is 9.89 Å². The minimum Gasteiger partial charge on any atom is -0.364 e. The molecule has 1 aliphatic rings. The molecule has 7 nitrogen and oxygen atoms in total. The summed E-state index contributed by atoms with van der Waals surface area (Å²) >= 11 is 1.77. The smallest absolute Gasteiger partial charge is 0.194 e. The Morgan fingerprint density at radius 1 is 1.35 bits per heavy atom. The van der Waals surface area contributed by atoms with E-state index in [9.17, 15) is 0 Å². The molecule has 0 atom stereocenters. The fourth-order valence-electron chi connectivity index (χ4n) is 3.23. The average molecular weight is 377 g/mol. The molecule has 3 heterocycles. The van der Waals surface area contributed by atoms with E-state index in [0.29, 0.717) is 5.92 Å². The van der Waals surface area contributed by atoms with Crippen molar-refractivity contribution in [3.05, 3.63) is 33.6 Å². The molecule has 0 aliphatic carbocycles. The fraction of sp³-hybridized carbons (Fsp3) is 0.611. The van der Waals surface area contributed by atoms with Crippen LogP contribution in [0.3, 0.4) is 0 Å². The number of guanidine groups is 1. The standard InChI is InChI=1S/C18H28N6OS/c1-13(2)17-14(3)26-16(21-17)11-20-18(19-4)24-8-6-23(7-9-24)12-15-5-10-25-22-15/h5,10,13H,6-9,11-12H2,1-4H3,(H,19,20). The van der Waals surface area contributed by atoms with E-state index in [1.807, 2.05) is 13.1 Å². The summed E-state index contributed by atoms with van der Waals surface area (Å²) in [5.41, 5.74) is 2.20. The lowest BCUT2D eigenvalue weighted by molar-refractivity contribution is 0.169. The van der Waals surface area contributed by atoms with Crippen molar-refractivity contribution in [2.24, 2.45) is 4.99 Å². The predicted molar refractivity (Wildman–Crippen MR) is 104 cm³/mol. The molecule has 1 aliphatic heterocycles. The van der Waals surface area contributed by atoms with E-state index in [0.717, 1.165) is 55.9 Å². The van der Waals surface area contributed by atoms with Crippen molar-refractivity contribution in [2.75, 3.05) is 33.2 Å². The van der Waals surface area contributed by atoms with Gasteiger partial charge in [0.2, 0.25) is 0 Å². The predicted octanol–water partition coefficient (Wildman–Crippen LogP) is 2.46. The Labute approximate surface area is 159 Å². The molecule has 0 bridgehead atoms. The highest BCUT2D eigenvalue weighted by Crippen LogP contribution is 2.24. The first-order chi connectivity index (χ1) is 12.6. The van der Waals surface area contributed by atoms with E-state index in [1.165, 1.54) is 10.6 Å². The number of nitrogens with zero attached hydrogens (tertiary/aromatic N) is 5. The van der Waals surface area contributed by atoms with Crippen LogP contribution >= 0.6 is 11.3 Å². The van der Waals surface area contributed by atoms with E-state index in [4.69, 9.17) is 9.51 Å². The van der Waals surface area contributed by atoms with Crippen LogP contribution in [-0.4, -0.2) is 59.1 Å². The van der Waals surface area contributed by atoms with Crippen molar-refractivity contribution in [2.45, 2.75) is 39.8 Å². The van der Waals surface area contributed by atoms with Crippen LogP contribution in [0.2, 0.25) is 0 Å². The van der Waals surface area contributed by atoms with Crippen molar-refractivity contribution < 1.29 is 4.52 Å². The Kier molecular flexibility index (Phi) is 6.26. The van der Waals surface area contributed by atoms with Gasteiger partial charge in [0, 0.05) is 50.7 Å². The summed E-state index contributed by atoms with van der Waals surface area (Å²) in [6.45, 7) is 12.0. The first kappa shape index (κ1) is 18.8. The Hall–Kier alpha value is -1.93. The monoisotopic (exact) mass is 376 g/mol. The minimum absolute atomic E-state index is 0.470. The molecule has 2 aromatic heterocycles. The lowest BCUT2D eigenvalue weighted by Crippen LogP contribution is -2.52. The summed E-state index contributed by atoms with van der Waals surface area (Å²) < 4.78 is 4.91. The third kappa shape index (κ3) is 4.62. The van der Waals surface area contributed by atoms with Crippen LogP contribution < -0.4 is 5.32 Å². The van der Waals surface area contributed by atoms with Crippen LogP contribution in [0.1, 0.15) is 41.0 Å². The van der Waals surface area contributed by atoms with Crippen molar-refractivity contribution in [3.63, 3.8) is 0 Å². The third-order valence-electron chi connectivity index (χ3n) is 4.58. The van der Waals surface area contributed by atoms with Gasteiger partial charge in [0.15, 0.2) is 5.96 Å². The number of rotatable bonds is 5. The minimum atomic E-state index is 0.470. The van der Waals surface area contributed by atoms with Gasteiger partial charge in [-0.15, -0.1) is 11.3 Å². The fourth-order valence-corrected chi connectivity index (χ4v) is 4.26. The number of aromatic nitrogens is 2. The van der Waals surface area contributed by atoms with Crippen LogP contribution in [0.4, 0.5) is 0 Å². The Morgan fingerprint density at radius 2 is 2.12 bits per heavy atom. The molecule has 0 amide bonds. The summed E-state index contributed by atoms with van der Waals surface area (Å²) in [5, 5.41) is 8.59. The molecule has 142 valence electrons. The van der Waals surface area contributed by atoms with Crippen LogP contribution in [0, 0.1) is 6.92 Å². The van der Waals surface area contributed by atoms with Crippen molar-refractivity contribution in [3.8, 4) is 0 Å². The zero-order valence-electron chi connectivity index (χ0n) is 16.0. The highest BCUT2D eigenvalue weighted by Gasteiger charge is 2.20. The first-order valence-electron chi connectivity index (χ1n) is 9.10. The van der Waals surface area contributed by atoms with Gasteiger partial charge in [-0.2, -0.15) is 0 Å². The second-order valence-corrected chi connectivity index (χ2v) is 8.15. The summed E-state index contributed by atoms with van der Waals surface area (Å²) in [6, 6.07) is 1.92. The van der Waals surface area contributed by atoms with Gasteiger partial charge in [0.05, 0.1) is 17.9 Å². The van der Waals surface area contributed by atoms with Crippen molar-refractivity contribution in [1.82, 2.24) is 25.3 Å². The lowest BCUT2D eigenvalue weighted by atomic mass is 10.1. The molecule has 0 spiro atoms. The Balaban J connectivity index is 1.50. The molecule has 0 saturated carbocycles. The molecule has 2 aromatic rings. The molecule has 1 N–H and O–H groups in total. The molecular weight excluding hydrogens is 348 g/mol. The molecular formula is C18H28N6OS.